The van der Waals surface area contributed by atoms with Crippen molar-refractivity contribution in [1.82, 2.24) is 4.98 Å². The first-order chi connectivity index (χ1) is 8.54. The molecule has 0 bridgehead atoms. The van der Waals surface area contributed by atoms with Crippen molar-refractivity contribution >= 4 is 11.8 Å². The molecule has 1 aliphatic rings. The molecule has 0 saturated carbocycles. The number of carbonyl (C=O) groups is 1. The van der Waals surface area contributed by atoms with Gasteiger partial charge in [-0.3, -0.25) is 0 Å². The van der Waals surface area contributed by atoms with Gasteiger partial charge in [0.2, 0.25) is 0 Å². The van der Waals surface area contributed by atoms with Gasteiger partial charge in [-0.15, -0.1) is 0 Å². The number of nitrogens with zero attached hydrogens (tertiary/aromatic N) is 2. The molecule has 1 aliphatic heterocycles. The number of aromatic carboxylic acids is 1. The average Bonchev–Trinajstić information content (AvgIpc) is 2.74. The molecule has 0 spiro atoms. The van der Waals surface area contributed by atoms with Crippen molar-refractivity contribution in [3.63, 3.8) is 0 Å². The van der Waals surface area contributed by atoms with Crippen molar-refractivity contribution < 1.29 is 9.90 Å². The first-order valence-electron chi connectivity index (χ1n) is 6.52. The number of carboxylic acid groups (broad SMARTS) is 1. The lowest BCUT2D eigenvalue weighted by molar-refractivity contribution is 0.0696. The number of aromatic nitrogens is 1. The maximum Gasteiger partial charge on any atom is 0.339 e. The summed E-state index contributed by atoms with van der Waals surface area (Å²) in [4.78, 5) is 18.1. The highest BCUT2D eigenvalue weighted by atomic mass is 16.4. The van der Waals surface area contributed by atoms with Crippen LogP contribution in [0.15, 0.2) is 6.07 Å². The van der Waals surface area contributed by atoms with Crippen LogP contribution in [0.4, 0.5) is 5.82 Å². The number of hydrogen-bond donors (Lipinski definition) is 1. The minimum absolute atomic E-state index is 0.362. The Labute approximate surface area is 108 Å². The Morgan fingerprint density at radius 3 is 2.89 bits per heavy atom. The predicted molar refractivity (Wildman–Crippen MR) is 71.3 cm³/mol. The van der Waals surface area contributed by atoms with E-state index in [1.54, 1.807) is 0 Å². The number of rotatable bonds is 3. The fourth-order valence-electron chi connectivity index (χ4n) is 2.83. The lowest BCUT2D eigenvalue weighted by atomic mass is 10.1. The van der Waals surface area contributed by atoms with Gasteiger partial charge in [0.15, 0.2) is 0 Å². The fraction of sp³-hybridized carbons (Fsp3) is 0.571. The normalized spacial score (nSPS) is 19.3. The topological polar surface area (TPSA) is 53.4 Å². The molecule has 1 fully saturated rings. The quantitative estimate of drug-likeness (QED) is 0.893. The maximum absolute atomic E-state index is 11.4. The molecule has 4 nitrogen and oxygen atoms in total. The van der Waals surface area contributed by atoms with Gasteiger partial charge in [0.25, 0.3) is 0 Å². The first-order valence-corrected chi connectivity index (χ1v) is 6.52. The summed E-state index contributed by atoms with van der Waals surface area (Å²) in [7, 11) is 0. The molecular weight excluding hydrogens is 228 g/mol. The Kier molecular flexibility index (Phi) is 3.55. The van der Waals surface area contributed by atoms with Crippen LogP contribution in [0.25, 0.3) is 0 Å². The monoisotopic (exact) mass is 248 g/mol. The molecule has 2 rings (SSSR count). The molecule has 2 heterocycles. The largest absolute Gasteiger partial charge is 0.478 e. The Balaban J connectivity index is 2.51. The van der Waals surface area contributed by atoms with Gasteiger partial charge < -0.3 is 10.0 Å². The van der Waals surface area contributed by atoms with E-state index in [1.807, 2.05) is 19.9 Å². The van der Waals surface area contributed by atoms with E-state index in [9.17, 15) is 9.90 Å². The van der Waals surface area contributed by atoms with Crippen LogP contribution in [0.3, 0.4) is 0 Å². The molecular formula is C14H20N2O2. The molecule has 0 radical (unpaired) electrons. The highest BCUT2D eigenvalue weighted by Crippen LogP contribution is 2.30. The van der Waals surface area contributed by atoms with E-state index in [2.05, 4.69) is 16.8 Å². The van der Waals surface area contributed by atoms with Crippen LogP contribution in [-0.2, 0) is 0 Å². The maximum atomic E-state index is 11.4. The second kappa shape index (κ2) is 4.96. The van der Waals surface area contributed by atoms with Crippen LogP contribution >= 0.6 is 0 Å². The highest BCUT2D eigenvalue weighted by molar-refractivity contribution is 5.95. The molecule has 0 aromatic carbocycles. The van der Waals surface area contributed by atoms with Gasteiger partial charge in [-0.2, -0.15) is 0 Å². The minimum Gasteiger partial charge on any atom is -0.478 e. The number of pyridine rings is 1. The summed E-state index contributed by atoms with van der Waals surface area (Å²) < 4.78 is 0. The van der Waals surface area contributed by atoms with Crippen molar-refractivity contribution in [2.75, 3.05) is 11.4 Å². The van der Waals surface area contributed by atoms with Crippen molar-refractivity contribution in [2.45, 2.75) is 46.1 Å². The molecule has 1 aromatic heterocycles. The minimum atomic E-state index is -0.878. The Morgan fingerprint density at radius 2 is 2.28 bits per heavy atom. The third kappa shape index (κ3) is 2.19. The van der Waals surface area contributed by atoms with E-state index >= 15 is 0 Å². The molecule has 98 valence electrons. The molecule has 1 atom stereocenters. The zero-order valence-electron chi connectivity index (χ0n) is 11.2. The number of carboxylic acids is 1. The smallest absolute Gasteiger partial charge is 0.339 e. The van der Waals surface area contributed by atoms with Crippen LogP contribution in [0.5, 0.6) is 0 Å². The molecule has 1 aromatic rings. The summed E-state index contributed by atoms with van der Waals surface area (Å²) in [6, 6.07) is 2.26. The zero-order valence-corrected chi connectivity index (χ0v) is 11.2. The van der Waals surface area contributed by atoms with Crippen LogP contribution < -0.4 is 4.90 Å². The Morgan fingerprint density at radius 1 is 1.56 bits per heavy atom. The first kappa shape index (κ1) is 12.9. The van der Waals surface area contributed by atoms with E-state index < -0.39 is 5.97 Å². The second-order valence-corrected chi connectivity index (χ2v) is 4.98. The second-order valence-electron chi connectivity index (χ2n) is 4.98. The van der Waals surface area contributed by atoms with Gasteiger partial charge >= 0.3 is 5.97 Å². The van der Waals surface area contributed by atoms with E-state index in [0.717, 1.165) is 37.1 Å². The summed E-state index contributed by atoms with van der Waals surface area (Å²) in [5.41, 5.74) is 2.04. The third-order valence-corrected chi connectivity index (χ3v) is 3.66. The van der Waals surface area contributed by atoms with Crippen LogP contribution in [0.2, 0.25) is 0 Å². The summed E-state index contributed by atoms with van der Waals surface area (Å²) in [6.07, 6.45) is 3.28. The van der Waals surface area contributed by atoms with E-state index in [4.69, 9.17) is 0 Å². The molecule has 18 heavy (non-hydrogen) atoms. The lowest BCUT2D eigenvalue weighted by Gasteiger charge is -2.27. The summed E-state index contributed by atoms with van der Waals surface area (Å²) in [6.45, 7) is 6.82. The van der Waals surface area contributed by atoms with Crippen LogP contribution in [-0.4, -0.2) is 28.6 Å². The number of hydrogen-bond acceptors (Lipinski definition) is 3. The highest BCUT2D eigenvalue weighted by Gasteiger charge is 2.28. The summed E-state index contributed by atoms with van der Waals surface area (Å²) in [5.74, 6) is -0.221. The Hall–Kier alpha value is -1.58. The van der Waals surface area contributed by atoms with Gasteiger partial charge in [0, 0.05) is 18.3 Å². The van der Waals surface area contributed by atoms with Crippen molar-refractivity contribution in [3.8, 4) is 0 Å². The fourth-order valence-corrected chi connectivity index (χ4v) is 2.83. The third-order valence-electron chi connectivity index (χ3n) is 3.66. The van der Waals surface area contributed by atoms with Gasteiger partial charge in [-0.05, 0) is 44.7 Å². The van der Waals surface area contributed by atoms with Crippen molar-refractivity contribution in [2.24, 2.45) is 0 Å². The van der Waals surface area contributed by atoms with E-state index in [-0.39, 0.29) is 0 Å². The van der Waals surface area contributed by atoms with Gasteiger partial charge in [-0.1, -0.05) is 6.92 Å². The predicted octanol–water partition coefficient (Wildman–Crippen LogP) is 2.78. The standard InChI is InChI=1S/C14H20N2O2/c1-4-11-6-5-7-16(11)13-12(14(17)18)9(2)8-10(3)15-13/h8,11H,4-7H2,1-3H3,(H,17,18). The van der Waals surface area contributed by atoms with Crippen LogP contribution in [0.1, 0.15) is 47.8 Å². The molecule has 1 unspecified atom stereocenters. The summed E-state index contributed by atoms with van der Waals surface area (Å²) in [5, 5.41) is 9.39. The lowest BCUT2D eigenvalue weighted by Crippen LogP contribution is -2.31. The Bertz CT molecular complexity index is 471. The molecule has 0 amide bonds. The number of anilines is 1. The van der Waals surface area contributed by atoms with Gasteiger partial charge in [0.1, 0.15) is 11.4 Å². The van der Waals surface area contributed by atoms with E-state index in [0.29, 0.717) is 17.4 Å². The van der Waals surface area contributed by atoms with Crippen LogP contribution in [0, 0.1) is 13.8 Å². The zero-order chi connectivity index (χ0) is 13.3. The summed E-state index contributed by atoms with van der Waals surface area (Å²) >= 11 is 0. The molecule has 4 heteroatoms. The van der Waals surface area contributed by atoms with Crippen molar-refractivity contribution in [3.05, 3.63) is 22.9 Å². The molecule has 0 aliphatic carbocycles. The average molecular weight is 248 g/mol. The number of aryl methyl sites for hydroxylation is 2. The molecule has 1 saturated heterocycles. The molecule has 1 N–H and O–H groups in total. The van der Waals surface area contributed by atoms with Crippen molar-refractivity contribution in [1.29, 1.82) is 0 Å². The van der Waals surface area contributed by atoms with Gasteiger partial charge in [0.05, 0.1) is 0 Å². The van der Waals surface area contributed by atoms with Gasteiger partial charge in [-0.25, -0.2) is 9.78 Å². The van der Waals surface area contributed by atoms with E-state index in [1.165, 1.54) is 0 Å². The SMILES string of the molecule is CCC1CCCN1c1nc(C)cc(C)c1C(=O)O.